The zero-order valence-electron chi connectivity index (χ0n) is 14.7. The molecule has 148 valence electrons. The molecule has 1 aliphatic heterocycles. The second kappa shape index (κ2) is 8.61. The van der Waals surface area contributed by atoms with Gasteiger partial charge in [-0.1, -0.05) is 47.5 Å². The Kier molecular flexibility index (Phi) is 6.40. The van der Waals surface area contributed by atoms with Gasteiger partial charge in [-0.3, -0.25) is 4.79 Å². The Labute approximate surface area is 173 Å². The first-order valence-electron chi connectivity index (χ1n) is 8.46. The van der Waals surface area contributed by atoms with Gasteiger partial charge in [0.1, 0.15) is 10.7 Å². The first-order chi connectivity index (χ1) is 13.3. The largest absolute Gasteiger partial charge is 0.337 e. The van der Waals surface area contributed by atoms with Gasteiger partial charge in [0.25, 0.3) is 0 Å². The second-order valence-corrected chi connectivity index (χ2v) is 8.82. The van der Waals surface area contributed by atoms with Gasteiger partial charge < -0.3 is 4.90 Å². The summed E-state index contributed by atoms with van der Waals surface area (Å²) < 4.78 is 40.6. The summed E-state index contributed by atoms with van der Waals surface area (Å²) in [5.41, 5.74) is 0.311. The molecule has 0 aromatic heterocycles. The van der Waals surface area contributed by atoms with E-state index in [9.17, 15) is 17.6 Å². The van der Waals surface area contributed by atoms with E-state index in [0.717, 1.165) is 0 Å². The number of nitrogens with zero attached hydrogens (tertiary/aromatic N) is 2. The van der Waals surface area contributed by atoms with Crippen molar-refractivity contribution in [3.63, 3.8) is 0 Å². The van der Waals surface area contributed by atoms with Crippen LogP contribution in [0.5, 0.6) is 0 Å². The SMILES string of the molecule is O=C(/C=C/c1ccccc1F)N1CCN(S(=O)(=O)c2c(Cl)cccc2Cl)CC1. The van der Waals surface area contributed by atoms with Crippen LogP contribution in [0.2, 0.25) is 10.0 Å². The molecule has 5 nitrogen and oxygen atoms in total. The van der Waals surface area contributed by atoms with Crippen LogP contribution >= 0.6 is 23.2 Å². The van der Waals surface area contributed by atoms with Crippen LogP contribution in [0.25, 0.3) is 6.08 Å². The molecule has 2 aromatic carbocycles. The number of halogens is 3. The van der Waals surface area contributed by atoms with E-state index in [1.165, 1.54) is 39.6 Å². The third-order valence-corrected chi connectivity index (χ3v) is 7.23. The highest BCUT2D eigenvalue weighted by molar-refractivity contribution is 7.89. The van der Waals surface area contributed by atoms with E-state index in [4.69, 9.17) is 23.2 Å². The van der Waals surface area contributed by atoms with Crippen LogP contribution in [-0.4, -0.2) is 49.7 Å². The van der Waals surface area contributed by atoms with E-state index in [1.807, 2.05) is 0 Å². The Morgan fingerprint density at radius 3 is 2.18 bits per heavy atom. The summed E-state index contributed by atoms with van der Waals surface area (Å²) in [7, 11) is -3.87. The predicted molar refractivity (Wildman–Crippen MR) is 107 cm³/mol. The molecule has 0 N–H and O–H groups in total. The fraction of sp³-hybridized carbons (Fsp3) is 0.211. The molecule has 0 bridgehead atoms. The molecule has 3 rings (SSSR count). The van der Waals surface area contributed by atoms with Crippen LogP contribution in [0.4, 0.5) is 4.39 Å². The molecule has 0 atom stereocenters. The maximum Gasteiger partial charge on any atom is 0.246 e. The molecule has 1 aliphatic rings. The van der Waals surface area contributed by atoms with Gasteiger partial charge in [0.05, 0.1) is 10.0 Å². The smallest absolute Gasteiger partial charge is 0.246 e. The van der Waals surface area contributed by atoms with Gasteiger partial charge in [0.15, 0.2) is 0 Å². The summed E-state index contributed by atoms with van der Waals surface area (Å²) in [6.07, 6.45) is 2.69. The highest BCUT2D eigenvalue weighted by atomic mass is 35.5. The normalized spacial score (nSPS) is 15.9. The average molecular weight is 443 g/mol. The van der Waals surface area contributed by atoms with Crippen LogP contribution in [0.1, 0.15) is 5.56 Å². The molecule has 0 radical (unpaired) electrons. The number of piperazine rings is 1. The van der Waals surface area contributed by atoms with Gasteiger partial charge in [-0.2, -0.15) is 4.31 Å². The topological polar surface area (TPSA) is 57.7 Å². The Hall–Kier alpha value is -1.93. The Bertz CT molecular complexity index is 999. The zero-order valence-corrected chi connectivity index (χ0v) is 17.0. The fourth-order valence-electron chi connectivity index (χ4n) is 2.88. The van der Waals surface area contributed by atoms with Crippen molar-refractivity contribution in [2.45, 2.75) is 4.90 Å². The van der Waals surface area contributed by atoms with E-state index in [1.54, 1.807) is 24.3 Å². The monoisotopic (exact) mass is 442 g/mol. The molecule has 1 heterocycles. The molecular formula is C19H17Cl2FN2O3S. The van der Waals surface area contributed by atoms with Crippen LogP contribution in [-0.2, 0) is 14.8 Å². The summed E-state index contributed by atoms with van der Waals surface area (Å²) in [6, 6.07) is 10.6. The van der Waals surface area contributed by atoms with Gasteiger partial charge in [-0.25, -0.2) is 12.8 Å². The van der Waals surface area contributed by atoms with E-state index in [2.05, 4.69) is 0 Å². The van der Waals surface area contributed by atoms with Crippen molar-refractivity contribution in [3.8, 4) is 0 Å². The average Bonchev–Trinajstić information content (AvgIpc) is 2.67. The lowest BCUT2D eigenvalue weighted by Crippen LogP contribution is -2.50. The van der Waals surface area contributed by atoms with Crippen molar-refractivity contribution in [2.75, 3.05) is 26.2 Å². The Morgan fingerprint density at radius 2 is 1.57 bits per heavy atom. The van der Waals surface area contributed by atoms with E-state index >= 15 is 0 Å². The molecule has 1 fully saturated rings. The Morgan fingerprint density at radius 1 is 0.964 bits per heavy atom. The molecular weight excluding hydrogens is 426 g/mol. The minimum Gasteiger partial charge on any atom is -0.337 e. The molecule has 2 aromatic rings. The lowest BCUT2D eigenvalue weighted by molar-refractivity contribution is -0.127. The van der Waals surface area contributed by atoms with Crippen LogP contribution in [0.15, 0.2) is 53.4 Å². The number of hydrogen-bond donors (Lipinski definition) is 0. The first-order valence-corrected chi connectivity index (χ1v) is 10.7. The van der Waals surface area contributed by atoms with Gasteiger partial charge in [-0.05, 0) is 24.3 Å². The standard InChI is InChI=1S/C19H17Cl2FN2O3S/c20-15-5-3-6-16(21)19(15)28(26,27)24-12-10-23(11-13-24)18(25)9-8-14-4-1-2-7-17(14)22/h1-9H,10-13H2/b9-8+. The van der Waals surface area contributed by atoms with Crippen molar-refractivity contribution in [2.24, 2.45) is 0 Å². The molecule has 0 saturated carbocycles. The van der Waals surface area contributed by atoms with E-state index in [0.29, 0.717) is 5.56 Å². The third kappa shape index (κ3) is 4.38. The van der Waals surface area contributed by atoms with Crippen molar-refractivity contribution in [1.29, 1.82) is 0 Å². The molecule has 1 amide bonds. The van der Waals surface area contributed by atoms with Gasteiger partial charge in [-0.15, -0.1) is 0 Å². The fourth-order valence-corrected chi connectivity index (χ4v) is 5.40. The number of sulfonamides is 1. The summed E-state index contributed by atoms with van der Waals surface area (Å²) in [6.45, 7) is 0.649. The van der Waals surface area contributed by atoms with E-state index in [-0.39, 0.29) is 47.0 Å². The van der Waals surface area contributed by atoms with Crippen molar-refractivity contribution in [3.05, 3.63) is 70.0 Å². The summed E-state index contributed by atoms with van der Waals surface area (Å²) in [5, 5.41) is 0.109. The van der Waals surface area contributed by atoms with Crippen LogP contribution < -0.4 is 0 Å². The van der Waals surface area contributed by atoms with E-state index < -0.39 is 15.8 Å². The molecule has 0 spiro atoms. The Balaban J connectivity index is 1.67. The van der Waals surface area contributed by atoms with Crippen molar-refractivity contribution >= 4 is 45.2 Å². The molecule has 1 saturated heterocycles. The molecule has 0 aliphatic carbocycles. The number of amides is 1. The minimum atomic E-state index is -3.87. The van der Waals surface area contributed by atoms with Gasteiger partial charge in [0.2, 0.25) is 15.9 Å². The maximum absolute atomic E-state index is 13.6. The second-order valence-electron chi connectivity index (χ2n) is 6.14. The van der Waals surface area contributed by atoms with Crippen molar-refractivity contribution < 1.29 is 17.6 Å². The summed E-state index contributed by atoms with van der Waals surface area (Å²) >= 11 is 12.1. The third-order valence-electron chi connectivity index (χ3n) is 4.38. The number of hydrogen-bond acceptors (Lipinski definition) is 3. The zero-order chi connectivity index (χ0) is 20.3. The predicted octanol–water partition coefficient (Wildman–Crippen LogP) is 3.68. The lowest BCUT2D eigenvalue weighted by Gasteiger charge is -2.33. The molecule has 28 heavy (non-hydrogen) atoms. The number of carbonyl (C=O) groups is 1. The highest BCUT2D eigenvalue weighted by Crippen LogP contribution is 2.31. The summed E-state index contributed by atoms with van der Waals surface area (Å²) in [5.74, 6) is -0.727. The number of rotatable bonds is 4. The molecule has 9 heteroatoms. The van der Waals surface area contributed by atoms with Gasteiger partial charge >= 0.3 is 0 Å². The van der Waals surface area contributed by atoms with Gasteiger partial charge in [0, 0.05) is 37.8 Å². The molecule has 0 unspecified atom stereocenters. The lowest BCUT2D eigenvalue weighted by atomic mass is 10.2. The first kappa shape index (κ1) is 20.8. The number of carbonyl (C=O) groups excluding carboxylic acids is 1. The minimum absolute atomic E-state index is 0.0545. The summed E-state index contributed by atoms with van der Waals surface area (Å²) in [4.78, 5) is 13.7. The number of benzene rings is 2. The quantitative estimate of drug-likeness (QED) is 0.678. The maximum atomic E-state index is 13.6. The van der Waals surface area contributed by atoms with Crippen LogP contribution in [0, 0.1) is 5.82 Å². The highest BCUT2D eigenvalue weighted by Gasteiger charge is 2.32. The van der Waals surface area contributed by atoms with Crippen LogP contribution in [0.3, 0.4) is 0 Å². The van der Waals surface area contributed by atoms with Crippen molar-refractivity contribution in [1.82, 2.24) is 9.21 Å².